The van der Waals surface area contributed by atoms with Gasteiger partial charge >= 0.3 is 0 Å². The zero-order valence-electron chi connectivity index (χ0n) is 9.44. The lowest BCUT2D eigenvalue weighted by Gasteiger charge is -2.22. The fraction of sp³-hybridized carbons (Fsp3) is 0.167. The minimum Gasteiger partial charge on any atom is -0.358 e. The molecule has 0 aliphatic rings. The smallest absolute Gasteiger partial charge is 0.230 e. The molecule has 0 aliphatic heterocycles. The number of anilines is 1. The van der Waals surface area contributed by atoms with Crippen molar-refractivity contribution in [2.75, 3.05) is 11.4 Å². The lowest BCUT2D eigenvalue weighted by atomic mass is 10.3. The number of nitrogens with zero attached hydrogens (tertiary/aromatic N) is 1. The van der Waals surface area contributed by atoms with Gasteiger partial charge in [0.15, 0.2) is 5.11 Å². The molecule has 1 N–H and O–H groups in total. The molecule has 5 heteroatoms. The molecule has 0 spiro atoms. The first-order chi connectivity index (χ1) is 8.06. The molecule has 0 heterocycles. The summed E-state index contributed by atoms with van der Waals surface area (Å²) in [6, 6.07) is 6.91. The second-order valence-electron chi connectivity index (χ2n) is 3.31. The van der Waals surface area contributed by atoms with Gasteiger partial charge in [0.2, 0.25) is 5.91 Å². The van der Waals surface area contributed by atoms with Crippen LogP contribution in [0.5, 0.6) is 0 Å². The quantitative estimate of drug-likeness (QED) is 0.676. The van der Waals surface area contributed by atoms with E-state index in [9.17, 15) is 4.79 Å². The van der Waals surface area contributed by atoms with Gasteiger partial charge in [-0.2, -0.15) is 0 Å². The molecular weight excluding hydrogens is 256 g/mol. The molecule has 3 nitrogen and oxygen atoms in total. The van der Waals surface area contributed by atoms with Gasteiger partial charge in [-0.15, -0.1) is 6.58 Å². The van der Waals surface area contributed by atoms with Crippen LogP contribution >= 0.6 is 23.8 Å². The lowest BCUT2D eigenvalue weighted by Crippen LogP contribution is -2.42. The zero-order valence-corrected chi connectivity index (χ0v) is 11.0. The van der Waals surface area contributed by atoms with Crippen molar-refractivity contribution in [1.82, 2.24) is 5.32 Å². The van der Waals surface area contributed by atoms with E-state index in [1.54, 1.807) is 30.3 Å². The highest BCUT2D eigenvalue weighted by atomic mass is 35.5. The maximum atomic E-state index is 11.6. The van der Waals surface area contributed by atoms with Crippen LogP contribution in [0.4, 0.5) is 5.69 Å². The van der Waals surface area contributed by atoms with Gasteiger partial charge in [-0.1, -0.05) is 17.7 Å². The summed E-state index contributed by atoms with van der Waals surface area (Å²) in [5.41, 5.74) is 0.684. The summed E-state index contributed by atoms with van der Waals surface area (Å²) in [6.45, 7) is 5.54. The molecule has 17 heavy (non-hydrogen) atoms. The standard InChI is InChI=1S/C12H13ClN2OS/c1-3-8-14-12(17)15(9(2)16)11-6-4-10(13)5-7-11/h3-7H,1,8H2,2H3,(H,14,17). The summed E-state index contributed by atoms with van der Waals surface area (Å²) >= 11 is 10.9. The number of rotatable bonds is 3. The van der Waals surface area contributed by atoms with Crippen LogP contribution in [0.25, 0.3) is 0 Å². The Balaban J connectivity index is 2.93. The molecule has 0 saturated heterocycles. The van der Waals surface area contributed by atoms with E-state index in [0.29, 0.717) is 22.4 Å². The normalized spacial score (nSPS) is 9.53. The molecule has 0 saturated carbocycles. The van der Waals surface area contributed by atoms with Crippen molar-refractivity contribution >= 4 is 40.5 Å². The SMILES string of the molecule is C=CCNC(=S)N(C(C)=O)c1ccc(Cl)cc1. The average Bonchev–Trinajstić information content (AvgIpc) is 2.29. The molecule has 1 aromatic rings. The van der Waals surface area contributed by atoms with Gasteiger partial charge in [0.05, 0.1) is 5.69 Å². The van der Waals surface area contributed by atoms with E-state index in [0.717, 1.165) is 0 Å². The van der Waals surface area contributed by atoms with Crippen LogP contribution in [0.3, 0.4) is 0 Å². The maximum Gasteiger partial charge on any atom is 0.230 e. The lowest BCUT2D eigenvalue weighted by molar-refractivity contribution is -0.115. The predicted octanol–water partition coefficient (Wildman–Crippen LogP) is 2.75. The van der Waals surface area contributed by atoms with Crippen molar-refractivity contribution < 1.29 is 4.79 Å². The molecule has 0 aromatic heterocycles. The fourth-order valence-corrected chi connectivity index (χ4v) is 1.71. The van der Waals surface area contributed by atoms with Crippen LogP contribution in [0.1, 0.15) is 6.92 Å². The number of nitrogens with one attached hydrogen (secondary N) is 1. The van der Waals surface area contributed by atoms with Gasteiger partial charge in [-0.3, -0.25) is 9.69 Å². The molecule has 0 radical (unpaired) electrons. The van der Waals surface area contributed by atoms with Crippen molar-refractivity contribution in [3.63, 3.8) is 0 Å². The highest BCUT2D eigenvalue weighted by molar-refractivity contribution is 7.80. The van der Waals surface area contributed by atoms with Crippen molar-refractivity contribution in [1.29, 1.82) is 0 Å². The number of hydrogen-bond acceptors (Lipinski definition) is 2. The number of thiocarbonyl (C=S) groups is 1. The van der Waals surface area contributed by atoms with Crippen molar-refractivity contribution in [3.8, 4) is 0 Å². The Kier molecular flexibility index (Phi) is 5.12. The van der Waals surface area contributed by atoms with Gasteiger partial charge in [-0.05, 0) is 36.5 Å². The Bertz CT molecular complexity index is 431. The van der Waals surface area contributed by atoms with Crippen LogP contribution < -0.4 is 10.2 Å². The molecule has 90 valence electrons. The van der Waals surface area contributed by atoms with E-state index in [1.165, 1.54) is 11.8 Å². The highest BCUT2D eigenvalue weighted by Gasteiger charge is 2.15. The zero-order chi connectivity index (χ0) is 12.8. The van der Waals surface area contributed by atoms with Crippen molar-refractivity contribution in [3.05, 3.63) is 41.9 Å². The first-order valence-corrected chi connectivity index (χ1v) is 5.80. The van der Waals surface area contributed by atoms with Crippen LogP contribution in [0.15, 0.2) is 36.9 Å². The molecule has 0 aliphatic carbocycles. The van der Waals surface area contributed by atoms with E-state index in [2.05, 4.69) is 11.9 Å². The number of hydrogen-bond donors (Lipinski definition) is 1. The molecule has 0 unspecified atom stereocenters. The van der Waals surface area contributed by atoms with Crippen LogP contribution in [0.2, 0.25) is 5.02 Å². The predicted molar refractivity (Wildman–Crippen MR) is 75.4 cm³/mol. The fourth-order valence-electron chi connectivity index (χ4n) is 1.27. The third-order valence-corrected chi connectivity index (χ3v) is 2.58. The molecule has 0 fully saturated rings. The molecule has 1 rings (SSSR count). The van der Waals surface area contributed by atoms with E-state index in [-0.39, 0.29) is 5.91 Å². The number of amides is 1. The van der Waals surface area contributed by atoms with Crippen LogP contribution in [-0.4, -0.2) is 17.6 Å². The summed E-state index contributed by atoms with van der Waals surface area (Å²) in [5.74, 6) is -0.158. The molecule has 0 bridgehead atoms. The maximum absolute atomic E-state index is 11.6. The van der Waals surface area contributed by atoms with E-state index < -0.39 is 0 Å². The molecular formula is C12H13ClN2OS. The van der Waals surface area contributed by atoms with Crippen molar-refractivity contribution in [2.24, 2.45) is 0 Å². The van der Waals surface area contributed by atoms with Gasteiger partial charge in [0.1, 0.15) is 0 Å². The summed E-state index contributed by atoms with van der Waals surface area (Å²) in [5, 5.41) is 3.87. The molecule has 0 atom stereocenters. The van der Waals surface area contributed by atoms with E-state index >= 15 is 0 Å². The highest BCUT2D eigenvalue weighted by Crippen LogP contribution is 2.18. The Morgan fingerprint density at radius 2 is 2.12 bits per heavy atom. The Morgan fingerprint density at radius 1 is 1.53 bits per heavy atom. The monoisotopic (exact) mass is 268 g/mol. The molecule has 1 amide bonds. The third-order valence-electron chi connectivity index (χ3n) is 2.00. The number of carbonyl (C=O) groups excluding carboxylic acids is 1. The number of halogens is 1. The molecule has 1 aromatic carbocycles. The second kappa shape index (κ2) is 6.37. The summed E-state index contributed by atoms with van der Waals surface area (Å²) < 4.78 is 0. The Hall–Kier alpha value is -1.39. The average molecular weight is 269 g/mol. The number of carbonyl (C=O) groups is 1. The summed E-state index contributed by atoms with van der Waals surface area (Å²) in [4.78, 5) is 13.0. The number of benzene rings is 1. The first kappa shape index (κ1) is 13.7. The van der Waals surface area contributed by atoms with Crippen LogP contribution in [0, 0.1) is 0 Å². The minimum absolute atomic E-state index is 0.158. The Morgan fingerprint density at radius 3 is 2.59 bits per heavy atom. The van der Waals surface area contributed by atoms with Gasteiger partial charge < -0.3 is 5.32 Å². The largest absolute Gasteiger partial charge is 0.358 e. The Labute approximate surface area is 111 Å². The van der Waals surface area contributed by atoms with E-state index in [1.807, 2.05) is 0 Å². The topological polar surface area (TPSA) is 32.3 Å². The minimum atomic E-state index is -0.158. The van der Waals surface area contributed by atoms with E-state index in [4.69, 9.17) is 23.8 Å². The summed E-state index contributed by atoms with van der Waals surface area (Å²) in [6.07, 6.45) is 1.67. The first-order valence-electron chi connectivity index (χ1n) is 5.01. The summed E-state index contributed by atoms with van der Waals surface area (Å²) in [7, 11) is 0. The van der Waals surface area contributed by atoms with Crippen molar-refractivity contribution in [2.45, 2.75) is 6.92 Å². The van der Waals surface area contributed by atoms with Gasteiger partial charge in [-0.25, -0.2) is 0 Å². The van der Waals surface area contributed by atoms with Crippen LogP contribution in [-0.2, 0) is 4.79 Å². The van der Waals surface area contributed by atoms with Gasteiger partial charge in [0.25, 0.3) is 0 Å². The van der Waals surface area contributed by atoms with Gasteiger partial charge in [0, 0.05) is 18.5 Å². The third kappa shape index (κ3) is 3.84. The second-order valence-corrected chi connectivity index (χ2v) is 4.13.